The predicted octanol–water partition coefficient (Wildman–Crippen LogP) is 8.26. The molecule has 4 aliphatic rings. The van der Waals surface area contributed by atoms with Gasteiger partial charge < -0.3 is 0 Å². The van der Waals surface area contributed by atoms with Gasteiger partial charge in [-0.25, -0.2) is 0 Å². The third-order valence-electron chi connectivity index (χ3n) is 10.8. The van der Waals surface area contributed by atoms with E-state index in [1.54, 1.807) is 0 Å². The molecule has 35 heavy (non-hydrogen) atoms. The minimum atomic E-state index is -5.55. The van der Waals surface area contributed by atoms with Gasteiger partial charge in [0.05, 0.1) is 6.10 Å². The van der Waals surface area contributed by atoms with Crippen LogP contribution in [-0.2, 0) is 14.3 Å². The van der Waals surface area contributed by atoms with Crippen LogP contribution < -0.4 is 0 Å². The molecule has 0 aromatic rings. The average Bonchev–Trinajstić information content (AvgIpc) is 3.10. The average molecular weight is 519 g/mol. The first-order chi connectivity index (χ1) is 16.2. The van der Waals surface area contributed by atoms with E-state index < -0.39 is 21.7 Å². The topological polar surface area (TPSA) is 43.4 Å². The number of alkyl halides is 3. The molecule has 202 valence electrons. The molecule has 1 unspecified atom stereocenters. The lowest BCUT2D eigenvalue weighted by Crippen LogP contribution is -2.51. The number of hydrogen-bond donors (Lipinski definition) is 0. The van der Waals surface area contributed by atoms with Gasteiger partial charge in [0.15, 0.2) is 0 Å². The van der Waals surface area contributed by atoms with E-state index in [4.69, 9.17) is 0 Å². The van der Waals surface area contributed by atoms with Crippen molar-refractivity contribution in [2.45, 2.75) is 117 Å². The number of hydrogen-bond acceptors (Lipinski definition) is 3. The lowest BCUT2D eigenvalue weighted by Gasteiger charge is -2.58. The van der Waals surface area contributed by atoms with Crippen molar-refractivity contribution in [3.8, 4) is 0 Å². The van der Waals surface area contributed by atoms with Crippen molar-refractivity contribution in [2.24, 2.45) is 46.3 Å². The summed E-state index contributed by atoms with van der Waals surface area (Å²) in [6.07, 6.45) is 12.7. The van der Waals surface area contributed by atoms with E-state index in [2.05, 4.69) is 44.9 Å². The Hall–Kier alpha value is -0.560. The number of halogens is 3. The molecule has 7 heteroatoms. The predicted molar refractivity (Wildman–Crippen MR) is 133 cm³/mol. The first-order valence-electron chi connectivity index (χ1n) is 13.9. The van der Waals surface area contributed by atoms with E-state index in [9.17, 15) is 21.6 Å². The first-order valence-corrected chi connectivity index (χ1v) is 15.3. The number of rotatable bonds is 7. The summed E-state index contributed by atoms with van der Waals surface area (Å²) in [5, 5.41) is 0. The van der Waals surface area contributed by atoms with E-state index in [0.717, 1.165) is 29.7 Å². The minimum absolute atomic E-state index is 0.0485. The largest absolute Gasteiger partial charge is 0.523 e. The van der Waals surface area contributed by atoms with Gasteiger partial charge in [-0.3, -0.25) is 4.18 Å². The van der Waals surface area contributed by atoms with Gasteiger partial charge in [-0.15, -0.1) is 0 Å². The van der Waals surface area contributed by atoms with Crippen molar-refractivity contribution < 1.29 is 25.8 Å². The zero-order valence-electron chi connectivity index (χ0n) is 22.2. The second-order valence-corrected chi connectivity index (χ2v) is 14.7. The standard InChI is InChI=1S/C28H45F3O3S/c1-18(2)7-6-8-19(3)23-11-12-24-22-10-9-20-17-21(34-35(32,33)28(29,30)31)13-15-26(20,4)25(22)14-16-27(23,24)5/h9,18-19,21-25H,6-8,10-17H2,1-5H3/t19-,21?,22+,23-,24+,25+,26+,27-/m1/s1. The molecule has 3 fully saturated rings. The molecule has 0 bridgehead atoms. The van der Waals surface area contributed by atoms with Crippen LogP contribution in [0.1, 0.15) is 105 Å². The summed E-state index contributed by atoms with van der Waals surface area (Å²) >= 11 is 0. The zero-order valence-corrected chi connectivity index (χ0v) is 23.0. The minimum Gasteiger partial charge on any atom is -0.259 e. The van der Waals surface area contributed by atoms with Crippen LogP contribution in [0.5, 0.6) is 0 Å². The Labute approximate surface area is 210 Å². The van der Waals surface area contributed by atoms with Crippen LogP contribution in [0.2, 0.25) is 0 Å². The van der Waals surface area contributed by atoms with E-state index in [0.29, 0.717) is 42.4 Å². The van der Waals surface area contributed by atoms with Crippen LogP contribution in [0, 0.1) is 46.3 Å². The third kappa shape index (κ3) is 4.98. The third-order valence-corrected chi connectivity index (χ3v) is 11.9. The summed E-state index contributed by atoms with van der Waals surface area (Å²) in [4.78, 5) is 0. The lowest BCUT2D eigenvalue weighted by atomic mass is 9.47. The summed E-state index contributed by atoms with van der Waals surface area (Å²) in [6, 6.07) is 0. The molecular weight excluding hydrogens is 473 g/mol. The Kier molecular flexibility index (Phi) is 7.56. The van der Waals surface area contributed by atoms with Crippen LogP contribution in [0.3, 0.4) is 0 Å². The SMILES string of the molecule is CC(C)CCC[C@@H](C)[C@H]1CC[C@H]2[C@@H]3CC=C4CC(OS(=O)(=O)C(F)(F)F)CC[C@]4(C)[C@H]3CC[C@]12C. The second-order valence-electron chi connectivity index (χ2n) is 13.2. The van der Waals surface area contributed by atoms with Crippen molar-refractivity contribution in [3.63, 3.8) is 0 Å². The summed E-state index contributed by atoms with van der Waals surface area (Å²) < 4.78 is 66.3. The molecule has 4 aliphatic carbocycles. The molecule has 0 saturated heterocycles. The van der Waals surface area contributed by atoms with Crippen molar-refractivity contribution >= 4 is 10.1 Å². The van der Waals surface area contributed by atoms with Crippen LogP contribution in [-0.4, -0.2) is 20.0 Å². The molecule has 3 saturated carbocycles. The monoisotopic (exact) mass is 518 g/mol. The van der Waals surface area contributed by atoms with Gasteiger partial charge >= 0.3 is 15.6 Å². The van der Waals surface area contributed by atoms with Crippen LogP contribution in [0.4, 0.5) is 13.2 Å². The van der Waals surface area contributed by atoms with Crippen molar-refractivity contribution in [3.05, 3.63) is 11.6 Å². The zero-order chi connectivity index (χ0) is 25.8. The Morgan fingerprint density at radius 3 is 2.40 bits per heavy atom. The van der Waals surface area contributed by atoms with Crippen LogP contribution >= 0.6 is 0 Å². The fourth-order valence-corrected chi connectivity index (χ4v) is 9.60. The Morgan fingerprint density at radius 2 is 1.74 bits per heavy atom. The Bertz CT molecular complexity index is 911. The maximum absolute atomic E-state index is 12.8. The smallest absolute Gasteiger partial charge is 0.259 e. The highest BCUT2D eigenvalue weighted by atomic mass is 32.2. The highest BCUT2D eigenvalue weighted by Gasteiger charge is 2.59. The summed E-state index contributed by atoms with van der Waals surface area (Å²) in [6.45, 7) is 11.9. The van der Waals surface area contributed by atoms with Gasteiger partial charge in [0, 0.05) is 0 Å². The molecule has 0 aliphatic heterocycles. The van der Waals surface area contributed by atoms with Gasteiger partial charge in [0.2, 0.25) is 0 Å². The van der Waals surface area contributed by atoms with Gasteiger partial charge in [-0.05, 0) is 97.7 Å². The maximum atomic E-state index is 12.8. The summed E-state index contributed by atoms with van der Waals surface area (Å²) in [5.74, 6) is 4.20. The second kappa shape index (κ2) is 9.63. The molecule has 8 atom stereocenters. The van der Waals surface area contributed by atoms with Crippen LogP contribution in [0.25, 0.3) is 0 Å². The Morgan fingerprint density at radius 1 is 1.03 bits per heavy atom. The number of fused-ring (bicyclic) bond motifs is 5. The van der Waals surface area contributed by atoms with Gasteiger partial charge in [0.25, 0.3) is 0 Å². The molecular formula is C28H45F3O3S. The lowest BCUT2D eigenvalue weighted by molar-refractivity contribution is -0.0663. The van der Waals surface area contributed by atoms with Crippen molar-refractivity contribution in [1.82, 2.24) is 0 Å². The highest BCUT2D eigenvalue weighted by molar-refractivity contribution is 7.87. The molecule has 3 nitrogen and oxygen atoms in total. The van der Waals surface area contributed by atoms with Crippen LogP contribution in [0.15, 0.2) is 11.6 Å². The molecule has 0 aromatic heterocycles. The van der Waals surface area contributed by atoms with E-state index >= 15 is 0 Å². The van der Waals surface area contributed by atoms with Crippen molar-refractivity contribution in [1.29, 1.82) is 0 Å². The molecule has 0 amide bonds. The Balaban J connectivity index is 1.46. The van der Waals surface area contributed by atoms with Gasteiger partial charge in [-0.2, -0.15) is 21.6 Å². The van der Waals surface area contributed by atoms with Gasteiger partial charge in [0.1, 0.15) is 0 Å². The summed E-state index contributed by atoms with van der Waals surface area (Å²) in [5.41, 5.74) is -3.89. The highest BCUT2D eigenvalue weighted by Crippen LogP contribution is 2.67. The van der Waals surface area contributed by atoms with E-state index in [1.165, 1.54) is 44.9 Å². The molecule has 0 radical (unpaired) electrons. The molecule has 0 heterocycles. The molecule has 4 rings (SSSR count). The molecule has 0 aromatic carbocycles. The molecule has 0 N–H and O–H groups in total. The fraction of sp³-hybridized carbons (Fsp3) is 0.929. The maximum Gasteiger partial charge on any atom is 0.523 e. The quantitative estimate of drug-likeness (QED) is 0.194. The summed E-state index contributed by atoms with van der Waals surface area (Å²) in [7, 11) is -5.55. The van der Waals surface area contributed by atoms with E-state index in [1.807, 2.05) is 0 Å². The fourth-order valence-electron chi connectivity index (χ4n) is 8.97. The first kappa shape index (κ1) is 27.5. The van der Waals surface area contributed by atoms with Gasteiger partial charge in [-0.1, -0.05) is 65.5 Å². The normalized spacial score (nSPS) is 40.6. The van der Waals surface area contributed by atoms with Crippen molar-refractivity contribution in [2.75, 3.05) is 0 Å². The van der Waals surface area contributed by atoms with E-state index in [-0.39, 0.29) is 5.41 Å². The molecule has 0 spiro atoms. The number of allylic oxidation sites excluding steroid dienone is 1.